The van der Waals surface area contributed by atoms with Gasteiger partial charge in [0.05, 0.1) is 23.5 Å². The maximum Gasteiger partial charge on any atom is 0.284 e. The molecule has 1 unspecified atom stereocenters. The van der Waals surface area contributed by atoms with Crippen LogP contribution in [0.15, 0.2) is 62.7 Å². The van der Waals surface area contributed by atoms with Crippen LogP contribution < -0.4 is 4.74 Å². The normalized spacial score (nSPS) is 12.1. The van der Waals surface area contributed by atoms with Gasteiger partial charge in [-0.05, 0) is 37.3 Å². The van der Waals surface area contributed by atoms with Gasteiger partial charge in [0.1, 0.15) is 22.2 Å². The Balaban J connectivity index is 2.18. The maximum absolute atomic E-state index is 13.0. The topological polar surface area (TPSA) is 79.9 Å². The quantitative estimate of drug-likeness (QED) is 0.703. The van der Waals surface area contributed by atoms with Crippen molar-refractivity contribution < 1.29 is 23.6 Å². The molecular formula is C18H16O5S. The van der Waals surface area contributed by atoms with Crippen LogP contribution in [0.5, 0.6) is 17.4 Å². The number of ether oxygens (including phenoxy) is 1. The molecule has 1 atom stereocenters. The van der Waals surface area contributed by atoms with Gasteiger partial charge in [-0.2, -0.15) is 0 Å². The number of aromatic hydroxyl groups is 2. The fourth-order valence-electron chi connectivity index (χ4n) is 2.33. The van der Waals surface area contributed by atoms with Gasteiger partial charge in [-0.25, -0.2) is 4.21 Å². The van der Waals surface area contributed by atoms with Crippen LogP contribution in [0, 0.1) is 6.92 Å². The summed E-state index contributed by atoms with van der Waals surface area (Å²) in [5, 5.41) is 20.5. The van der Waals surface area contributed by atoms with Gasteiger partial charge in [0.15, 0.2) is 0 Å². The van der Waals surface area contributed by atoms with Gasteiger partial charge in [-0.1, -0.05) is 17.7 Å². The van der Waals surface area contributed by atoms with Gasteiger partial charge < -0.3 is 19.4 Å². The van der Waals surface area contributed by atoms with E-state index in [0.717, 1.165) is 5.56 Å². The lowest BCUT2D eigenvalue weighted by Crippen LogP contribution is -1.97. The van der Waals surface area contributed by atoms with Crippen LogP contribution in [0.4, 0.5) is 0 Å². The van der Waals surface area contributed by atoms with Crippen molar-refractivity contribution in [1.29, 1.82) is 0 Å². The van der Waals surface area contributed by atoms with E-state index < -0.39 is 10.8 Å². The second-order valence-electron chi connectivity index (χ2n) is 5.21. The van der Waals surface area contributed by atoms with E-state index in [1.165, 1.54) is 19.2 Å². The zero-order chi connectivity index (χ0) is 17.3. The smallest absolute Gasteiger partial charge is 0.284 e. The Kier molecular flexibility index (Phi) is 4.31. The third-order valence-electron chi connectivity index (χ3n) is 3.56. The Morgan fingerprint density at radius 1 is 0.958 bits per heavy atom. The molecule has 6 heteroatoms. The molecule has 0 fully saturated rings. The molecule has 2 N–H and O–H groups in total. The molecule has 1 heterocycles. The van der Waals surface area contributed by atoms with Crippen molar-refractivity contribution in [2.75, 3.05) is 7.11 Å². The van der Waals surface area contributed by atoms with E-state index in [2.05, 4.69) is 0 Å². The van der Waals surface area contributed by atoms with Crippen LogP contribution in [0.3, 0.4) is 0 Å². The monoisotopic (exact) mass is 344 g/mol. The van der Waals surface area contributed by atoms with E-state index in [1.807, 2.05) is 19.1 Å². The van der Waals surface area contributed by atoms with Crippen molar-refractivity contribution in [3.63, 3.8) is 0 Å². The Hall–Kier alpha value is -2.73. The summed E-state index contributed by atoms with van der Waals surface area (Å²) in [6.45, 7) is 1.93. The average Bonchev–Trinajstić information content (AvgIpc) is 3.05. The lowest BCUT2D eigenvalue weighted by Gasteiger charge is -2.12. The molecule has 0 aliphatic rings. The van der Waals surface area contributed by atoms with Crippen LogP contribution in [0.1, 0.15) is 5.56 Å². The Morgan fingerprint density at radius 3 is 2.25 bits per heavy atom. The van der Waals surface area contributed by atoms with Crippen molar-refractivity contribution in [1.82, 2.24) is 0 Å². The highest BCUT2D eigenvalue weighted by Crippen LogP contribution is 2.42. The molecule has 2 aromatic carbocycles. The third kappa shape index (κ3) is 2.88. The minimum absolute atomic E-state index is 0.0934. The Labute approximate surface area is 141 Å². The fourth-order valence-corrected chi connectivity index (χ4v) is 3.60. The molecule has 1 aromatic heterocycles. The average molecular weight is 344 g/mol. The molecule has 0 aliphatic heterocycles. The largest absolute Gasteiger partial charge is 0.507 e. The number of hydrogen-bond donors (Lipinski definition) is 2. The summed E-state index contributed by atoms with van der Waals surface area (Å²) in [6, 6.07) is 12.9. The van der Waals surface area contributed by atoms with Crippen molar-refractivity contribution in [2.45, 2.75) is 16.7 Å². The molecular weight excluding hydrogens is 328 g/mol. The lowest BCUT2D eigenvalue weighted by molar-refractivity contribution is 0.308. The van der Waals surface area contributed by atoms with Gasteiger partial charge in [0, 0.05) is 11.0 Å². The minimum Gasteiger partial charge on any atom is -0.507 e. The SMILES string of the molecule is COc1ccc(-c2c(O)ccc(O)c2S(=O)c2ccc(C)cc2)o1. The fraction of sp³-hybridized carbons (Fsp3) is 0.111. The van der Waals surface area contributed by atoms with Gasteiger partial charge in [0.25, 0.3) is 5.95 Å². The first-order chi connectivity index (χ1) is 11.5. The summed E-state index contributed by atoms with van der Waals surface area (Å²) >= 11 is 0. The highest BCUT2D eigenvalue weighted by Gasteiger charge is 2.23. The standard InChI is InChI=1S/C18H16O5S/c1-11-3-5-12(6-4-11)24(21)18-14(20)8-7-13(19)17(18)15-9-10-16(22-2)23-15/h3-10,19-20H,1-2H3. The van der Waals surface area contributed by atoms with E-state index in [9.17, 15) is 14.4 Å². The minimum atomic E-state index is -1.69. The molecule has 3 rings (SSSR count). The van der Waals surface area contributed by atoms with E-state index in [-0.39, 0.29) is 33.7 Å². The summed E-state index contributed by atoms with van der Waals surface area (Å²) in [4.78, 5) is 0.608. The van der Waals surface area contributed by atoms with Crippen molar-refractivity contribution in [3.05, 3.63) is 54.1 Å². The van der Waals surface area contributed by atoms with Gasteiger partial charge in [-0.3, -0.25) is 0 Å². The van der Waals surface area contributed by atoms with Crippen LogP contribution in [-0.4, -0.2) is 21.5 Å². The first-order valence-corrected chi connectivity index (χ1v) is 8.34. The molecule has 24 heavy (non-hydrogen) atoms. The van der Waals surface area contributed by atoms with Crippen molar-refractivity contribution in [3.8, 4) is 28.8 Å². The molecule has 3 aromatic rings. The van der Waals surface area contributed by atoms with Gasteiger partial charge >= 0.3 is 0 Å². The number of benzene rings is 2. The first-order valence-electron chi connectivity index (χ1n) is 7.19. The van der Waals surface area contributed by atoms with Crippen LogP contribution in [0.25, 0.3) is 11.3 Å². The molecule has 0 bridgehead atoms. The molecule has 0 aliphatic carbocycles. The predicted molar refractivity (Wildman–Crippen MR) is 89.9 cm³/mol. The Morgan fingerprint density at radius 2 is 1.62 bits per heavy atom. The van der Waals surface area contributed by atoms with Gasteiger partial charge in [-0.15, -0.1) is 0 Å². The summed E-state index contributed by atoms with van der Waals surface area (Å²) < 4.78 is 23.4. The van der Waals surface area contributed by atoms with E-state index in [4.69, 9.17) is 9.15 Å². The van der Waals surface area contributed by atoms with Crippen molar-refractivity contribution in [2.24, 2.45) is 0 Å². The number of furan rings is 1. The molecule has 0 amide bonds. The van der Waals surface area contributed by atoms with Crippen molar-refractivity contribution >= 4 is 10.8 Å². The highest BCUT2D eigenvalue weighted by molar-refractivity contribution is 7.85. The number of rotatable bonds is 4. The maximum atomic E-state index is 13.0. The molecule has 0 spiro atoms. The number of aryl methyl sites for hydroxylation is 1. The number of phenols is 2. The predicted octanol–water partition coefficient (Wildman–Crippen LogP) is 3.84. The Bertz CT molecular complexity index is 896. The number of methoxy groups -OCH3 is 1. The number of phenolic OH excluding ortho intramolecular Hbond substituents is 2. The summed E-state index contributed by atoms with van der Waals surface area (Å²) in [7, 11) is -0.238. The van der Waals surface area contributed by atoms with E-state index in [1.54, 1.807) is 24.3 Å². The molecule has 0 saturated carbocycles. The molecule has 5 nitrogen and oxygen atoms in total. The van der Waals surface area contributed by atoms with Gasteiger partial charge in [0.2, 0.25) is 0 Å². The highest BCUT2D eigenvalue weighted by atomic mass is 32.2. The number of hydrogen-bond acceptors (Lipinski definition) is 5. The van der Waals surface area contributed by atoms with E-state index in [0.29, 0.717) is 4.90 Å². The second kappa shape index (κ2) is 6.41. The second-order valence-corrected chi connectivity index (χ2v) is 6.63. The summed E-state index contributed by atoms with van der Waals surface area (Å²) in [5.74, 6) is 0.188. The van der Waals surface area contributed by atoms with E-state index >= 15 is 0 Å². The zero-order valence-corrected chi connectivity index (χ0v) is 14.0. The van der Waals surface area contributed by atoms with Crippen LogP contribution in [-0.2, 0) is 10.8 Å². The van der Waals surface area contributed by atoms with Crippen LogP contribution in [0.2, 0.25) is 0 Å². The first kappa shape index (κ1) is 16.1. The summed E-state index contributed by atoms with van der Waals surface area (Å²) in [5.41, 5.74) is 1.21. The van der Waals surface area contributed by atoms with Crippen LogP contribution >= 0.6 is 0 Å². The lowest BCUT2D eigenvalue weighted by atomic mass is 10.1. The third-order valence-corrected chi connectivity index (χ3v) is 5.05. The molecule has 0 radical (unpaired) electrons. The molecule has 0 saturated heterocycles. The summed E-state index contributed by atoms with van der Waals surface area (Å²) in [6.07, 6.45) is 0. The zero-order valence-electron chi connectivity index (χ0n) is 13.1. The molecule has 124 valence electrons.